The van der Waals surface area contributed by atoms with Gasteiger partial charge in [-0.05, 0) is 30.9 Å². The van der Waals surface area contributed by atoms with E-state index in [9.17, 15) is 0 Å². The van der Waals surface area contributed by atoms with Gasteiger partial charge in [-0.25, -0.2) is 9.97 Å². The van der Waals surface area contributed by atoms with E-state index in [0.29, 0.717) is 11.9 Å². The average Bonchev–Trinajstić information content (AvgIpc) is 3.15. The highest BCUT2D eigenvalue weighted by molar-refractivity contribution is 5.89. The number of imidazole rings is 1. The van der Waals surface area contributed by atoms with Crippen LogP contribution in [-0.4, -0.2) is 39.3 Å². The molecular formula is C17H21Cl2N5O. The van der Waals surface area contributed by atoms with E-state index < -0.39 is 0 Å². The number of halogens is 2. The van der Waals surface area contributed by atoms with Crippen LogP contribution >= 0.6 is 24.8 Å². The third-order valence-corrected chi connectivity index (χ3v) is 4.23. The number of fused-ring (bicyclic) bond motifs is 1. The van der Waals surface area contributed by atoms with Crippen molar-refractivity contribution in [2.24, 2.45) is 5.92 Å². The first kappa shape index (κ1) is 19.4. The standard InChI is InChI=1S/C17H19N5O.2ClH/c1-2-4-15-14(3-1)16(19-11-13-5-9-23-10-6-13)21-17(20-15)22-8-7-18-12-22;;/h1-4,7-8,12-13H,5-6,9-11H2,(H,19,20,21);2*1H. The van der Waals surface area contributed by atoms with Gasteiger partial charge in [-0.1, -0.05) is 12.1 Å². The molecule has 25 heavy (non-hydrogen) atoms. The summed E-state index contributed by atoms with van der Waals surface area (Å²) in [5, 5.41) is 4.56. The van der Waals surface area contributed by atoms with Crippen LogP contribution in [0.3, 0.4) is 0 Å². The molecule has 1 aliphatic rings. The quantitative estimate of drug-likeness (QED) is 0.748. The molecule has 1 fully saturated rings. The minimum absolute atomic E-state index is 0. The Balaban J connectivity index is 0.00000113. The maximum Gasteiger partial charge on any atom is 0.237 e. The van der Waals surface area contributed by atoms with E-state index in [-0.39, 0.29) is 24.8 Å². The van der Waals surface area contributed by atoms with Crippen LogP contribution in [0.25, 0.3) is 16.9 Å². The number of nitrogens with zero attached hydrogens (tertiary/aromatic N) is 4. The smallest absolute Gasteiger partial charge is 0.237 e. The molecule has 2 aromatic heterocycles. The predicted octanol–water partition coefficient (Wildman–Crippen LogP) is 3.50. The van der Waals surface area contributed by atoms with Gasteiger partial charge in [-0.3, -0.25) is 4.57 Å². The van der Waals surface area contributed by atoms with Crippen LogP contribution in [0.4, 0.5) is 5.82 Å². The molecule has 1 saturated heterocycles. The van der Waals surface area contributed by atoms with Crippen molar-refractivity contribution in [3.63, 3.8) is 0 Å². The highest BCUT2D eigenvalue weighted by Gasteiger charge is 2.15. The van der Waals surface area contributed by atoms with E-state index in [1.165, 1.54) is 0 Å². The van der Waals surface area contributed by atoms with E-state index in [0.717, 1.165) is 49.3 Å². The van der Waals surface area contributed by atoms with Crippen LogP contribution < -0.4 is 5.32 Å². The number of benzene rings is 1. The molecule has 0 atom stereocenters. The SMILES string of the molecule is Cl.Cl.c1ccc2c(NCC3CCOCC3)nc(-n3ccnc3)nc2c1. The summed E-state index contributed by atoms with van der Waals surface area (Å²) in [4.78, 5) is 13.4. The highest BCUT2D eigenvalue weighted by atomic mass is 35.5. The van der Waals surface area contributed by atoms with Crippen LogP contribution in [0.1, 0.15) is 12.8 Å². The minimum Gasteiger partial charge on any atom is -0.381 e. The van der Waals surface area contributed by atoms with Gasteiger partial charge < -0.3 is 10.1 Å². The number of ether oxygens (including phenoxy) is 1. The number of anilines is 1. The van der Waals surface area contributed by atoms with Gasteiger partial charge in [0.1, 0.15) is 12.1 Å². The number of rotatable bonds is 4. The summed E-state index contributed by atoms with van der Waals surface area (Å²) in [5.74, 6) is 2.15. The molecule has 0 radical (unpaired) electrons. The van der Waals surface area contributed by atoms with Gasteiger partial charge in [0.25, 0.3) is 0 Å². The first-order chi connectivity index (χ1) is 11.4. The molecule has 0 unspecified atom stereocenters. The Bertz CT molecular complexity index is 791. The van der Waals surface area contributed by atoms with Crippen LogP contribution in [-0.2, 0) is 4.74 Å². The summed E-state index contributed by atoms with van der Waals surface area (Å²) in [6, 6.07) is 8.08. The Morgan fingerprint density at radius 1 is 1.12 bits per heavy atom. The molecule has 3 aromatic rings. The summed E-state index contributed by atoms with van der Waals surface area (Å²) in [5.41, 5.74) is 0.931. The molecule has 3 heterocycles. The van der Waals surface area contributed by atoms with Crippen LogP contribution in [0, 0.1) is 5.92 Å². The lowest BCUT2D eigenvalue weighted by molar-refractivity contribution is 0.0699. The lowest BCUT2D eigenvalue weighted by atomic mass is 10.0. The first-order valence-corrected chi connectivity index (χ1v) is 7.97. The van der Waals surface area contributed by atoms with Crippen molar-refractivity contribution in [3.8, 4) is 5.95 Å². The van der Waals surface area contributed by atoms with Crippen LogP contribution in [0.5, 0.6) is 0 Å². The second-order valence-electron chi connectivity index (χ2n) is 5.80. The van der Waals surface area contributed by atoms with Gasteiger partial charge in [0.15, 0.2) is 0 Å². The van der Waals surface area contributed by atoms with Gasteiger partial charge >= 0.3 is 0 Å². The summed E-state index contributed by atoms with van der Waals surface area (Å²) in [6.45, 7) is 2.63. The van der Waals surface area contributed by atoms with Crippen molar-refractivity contribution >= 4 is 41.5 Å². The Morgan fingerprint density at radius 2 is 1.92 bits per heavy atom. The first-order valence-electron chi connectivity index (χ1n) is 7.97. The van der Waals surface area contributed by atoms with Gasteiger partial charge in [-0.15, -0.1) is 24.8 Å². The topological polar surface area (TPSA) is 64.9 Å². The zero-order chi connectivity index (χ0) is 15.5. The maximum atomic E-state index is 5.43. The van der Waals surface area contributed by atoms with E-state index in [4.69, 9.17) is 9.72 Å². The Hall–Kier alpha value is -1.89. The molecule has 134 valence electrons. The largest absolute Gasteiger partial charge is 0.381 e. The van der Waals surface area contributed by atoms with Crippen molar-refractivity contribution in [1.82, 2.24) is 19.5 Å². The van der Waals surface area contributed by atoms with E-state index in [2.05, 4.69) is 21.4 Å². The zero-order valence-corrected chi connectivity index (χ0v) is 15.3. The molecule has 8 heteroatoms. The molecule has 0 saturated carbocycles. The molecule has 0 bridgehead atoms. The summed E-state index contributed by atoms with van der Waals surface area (Å²) in [6.07, 6.45) is 7.50. The van der Waals surface area contributed by atoms with Crippen LogP contribution in [0.15, 0.2) is 43.0 Å². The Labute approximate surface area is 158 Å². The second kappa shape index (κ2) is 8.99. The predicted molar refractivity (Wildman–Crippen MR) is 103 cm³/mol. The van der Waals surface area contributed by atoms with Gasteiger partial charge in [-0.2, -0.15) is 4.98 Å². The minimum atomic E-state index is 0. The van der Waals surface area contributed by atoms with Crippen molar-refractivity contribution in [3.05, 3.63) is 43.0 Å². The summed E-state index contributed by atoms with van der Waals surface area (Å²) in [7, 11) is 0. The van der Waals surface area contributed by atoms with Gasteiger partial charge in [0, 0.05) is 37.5 Å². The molecule has 0 amide bonds. The Morgan fingerprint density at radius 3 is 2.68 bits per heavy atom. The third-order valence-electron chi connectivity index (χ3n) is 4.23. The molecule has 0 spiro atoms. The van der Waals surface area contributed by atoms with Crippen molar-refractivity contribution in [2.75, 3.05) is 25.1 Å². The summed E-state index contributed by atoms with van der Waals surface area (Å²) < 4.78 is 7.25. The number of aromatic nitrogens is 4. The highest BCUT2D eigenvalue weighted by Crippen LogP contribution is 2.23. The second-order valence-corrected chi connectivity index (χ2v) is 5.80. The van der Waals surface area contributed by atoms with Gasteiger partial charge in [0.05, 0.1) is 5.52 Å². The fourth-order valence-corrected chi connectivity index (χ4v) is 2.88. The van der Waals surface area contributed by atoms with Crippen molar-refractivity contribution in [2.45, 2.75) is 12.8 Å². The molecule has 6 nitrogen and oxygen atoms in total. The van der Waals surface area contributed by atoms with Crippen molar-refractivity contribution in [1.29, 1.82) is 0 Å². The lowest BCUT2D eigenvalue weighted by Crippen LogP contribution is -2.23. The fourth-order valence-electron chi connectivity index (χ4n) is 2.88. The number of nitrogens with one attached hydrogen (secondary N) is 1. The normalized spacial score (nSPS) is 14.6. The van der Waals surface area contributed by atoms with E-state index in [1.54, 1.807) is 12.5 Å². The lowest BCUT2D eigenvalue weighted by Gasteiger charge is -2.22. The Kier molecular flexibility index (Phi) is 6.99. The van der Waals surface area contributed by atoms with E-state index >= 15 is 0 Å². The average molecular weight is 382 g/mol. The fraction of sp³-hybridized carbons (Fsp3) is 0.353. The molecule has 1 aliphatic heterocycles. The number of para-hydroxylation sites is 1. The third kappa shape index (κ3) is 4.39. The molecular weight excluding hydrogens is 361 g/mol. The molecule has 1 N–H and O–H groups in total. The monoisotopic (exact) mass is 381 g/mol. The van der Waals surface area contributed by atoms with E-state index in [1.807, 2.05) is 29.0 Å². The molecule has 4 rings (SSSR count). The van der Waals surface area contributed by atoms with Crippen molar-refractivity contribution < 1.29 is 4.74 Å². The molecule has 1 aromatic carbocycles. The zero-order valence-electron chi connectivity index (χ0n) is 13.7. The number of hydrogen-bond donors (Lipinski definition) is 1. The summed E-state index contributed by atoms with van der Waals surface area (Å²) >= 11 is 0. The maximum absolute atomic E-state index is 5.43. The number of hydrogen-bond acceptors (Lipinski definition) is 5. The van der Waals surface area contributed by atoms with Crippen LogP contribution in [0.2, 0.25) is 0 Å². The van der Waals surface area contributed by atoms with Gasteiger partial charge in [0.2, 0.25) is 5.95 Å². The molecule has 0 aliphatic carbocycles.